The van der Waals surface area contributed by atoms with Crippen LogP contribution in [-0.2, 0) is 0 Å². The van der Waals surface area contributed by atoms with Crippen LogP contribution in [0.1, 0.15) is 39.0 Å². The lowest BCUT2D eigenvalue weighted by atomic mass is 10.2. The van der Waals surface area contributed by atoms with E-state index in [4.69, 9.17) is 9.47 Å². The third-order valence-corrected chi connectivity index (χ3v) is 5.58. The molecule has 6 nitrogen and oxygen atoms in total. The molecule has 0 radical (unpaired) electrons. The smallest absolute Gasteiger partial charge is 0.191 e. The van der Waals surface area contributed by atoms with Crippen molar-refractivity contribution in [2.45, 2.75) is 57.2 Å². The Labute approximate surface area is 163 Å². The van der Waals surface area contributed by atoms with E-state index in [1.54, 1.807) is 7.11 Å². The van der Waals surface area contributed by atoms with Gasteiger partial charge in [0.1, 0.15) is 6.10 Å². The molecule has 2 aliphatic rings. The molecular formula is C21H34N4O2. The van der Waals surface area contributed by atoms with Crippen LogP contribution in [0.25, 0.3) is 0 Å². The number of nitrogens with zero attached hydrogens (tertiary/aromatic N) is 2. The predicted molar refractivity (Wildman–Crippen MR) is 110 cm³/mol. The zero-order valence-electron chi connectivity index (χ0n) is 16.9. The summed E-state index contributed by atoms with van der Waals surface area (Å²) in [5.41, 5.74) is 0. The van der Waals surface area contributed by atoms with Gasteiger partial charge in [-0.3, -0.25) is 9.89 Å². The van der Waals surface area contributed by atoms with Gasteiger partial charge >= 0.3 is 0 Å². The molecule has 1 heterocycles. The Balaban J connectivity index is 1.42. The lowest BCUT2D eigenvalue weighted by molar-refractivity contribution is 0.213. The van der Waals surface area contributed by atoms with Gasteiger partial charge in [0.05, 0.1) is 13.7 Å². The van der Waals surface area contributed by atoms with Crippen LogP contribution in [0, 0.1) is 0 Å². The Bertz CT molecular complexity index is 616. The average molecular weight is 375 g/mol. The molecule has 1 saturated carbocycles. The normalized spacial score (nSPS) is 22.6. The first kappa shape index (κ1) is 19.8. The van der Waals surface area contributed by atoms with E-state index in [1.165, 1.54) is 38.6 Å². The summed E-state index contributed by atoms with van der Waals surface area (Å²) < 4.78 is 11.4. The minimum atomic E-state index is -0.00147. The molecule has 1 aliphatic carbocycles. The average Bonchev–Trinajstić information content (AvgIpc) is 3.37. The summed E-state index contributed by atoms with van der Waals surface area (Å²) in [7, 11) is 3.48. The summed E-state index contributed by atoms with van der Waals surface area (Å²) in [5, 5.41) is 6.97. The van der Waals surface area contributed by atoms with Gasteiger partial charge in [0.2, 0.25) is 0 Å². The molecule has 3 rings (SSSR count). The van der Waals surface area contributed by atoms with E-state index in [1.807, 2.05) is 38.2 Å². The van der Waals surface area contributed by atoms with E-state index in [0.29, 0.717) is 12.6 Å². The molecule has 27 heavy (non-hydrogen) atoms. The first-order valence-corrected chi connectivity index (χ1v) is 10.2. The Hall–Kier alpha value is -1.95. The molecular weight excluding hydrogens is 340 g/mol. The van der Waals surface area contributed by atoms with Crippen LogP contribution in [0.15, 0.2) is 29.3 Å². The van der Waals surface area contributed by atoms with Gasteiger partial charge < -0.3 is 20.1 Å². The molecule has 1 aromatic rings. The number of hydrogen-bond acceptors (Lipinski definition) is 4. The fraction of sp³-hybridized carbons (Fsp3) is 0.667. The van der Waals surface area contributed by atoms with E-state index in [0.717, 1.165) is 30.0 Å². The van der Waals surface area contributed by atoms with E-state index in [9.17, 15) is 0 Å². The lowest BCUT2D eigenvalue weighted by Crippen LogP contribution is -2.47. The van der Waals surface area contributed by atoms with E-state index >= 15 is 0 Å². The lowest BCUT2D eigenvalue weighted by Gasteiger charge is -2.24. The number of benzene rings is 1. The third-order valence-electron chi connectivity index (χ3n) is 5.58. The van der Waals surface area contributed by atoms with Crippen LogP contribution in [-0.4, -0.2) is 62.8 Å². The summed E-state index contributed by atoms with van der Waals surface area (Å²) >= 11 is 0. The fourth-order valence-corrected chi connectivity index (χ4v) is 4.11. The highest BCUT2D eigenvalue weighted by molar-refractivity contribution is 5.80. The van der Waals surface area contributed by atoms with Crippen LogP contribution in [0.5, 0.6) is 11.5 Å². The highest BCUT2D eigenvalue weighted by Gasteiger charge is 2.30. The Morgan fingerprint density at radius 2 is 1.96 bits per heavy atom. The van der Waals surface area contributed by atoms with Gasteiger partial charge in [-0.2, -0.15) is 0 Å². The molecule has 1 aromatic carbocycles. The van der Waals surface area contributed by atoms with Crippen molar-refractivity contribution in [3.8, 4) is 11.5 Å². The Morgan fingerprint density at radius 3 is 2.67 bits per heavy atom. The summed E-state index contributed by atoms with van der Waals surface area (Å²) in [5.74, 6) is 2.37. The second kappa shape index (κ2) is 9.83. The van der Waals surface area contributed by atoms with Crippen molar-refractivity contribution in [3.05, 3.63) is 24.3 Å². The summed E-state index contributed by atoms with van der Waals surface area (Å²) in [6.45, 7) is 5.05. The largest absolute Gasteiger partial charge is 0.493 e. The minimum absolute atomic E-state index is 0.00147. The van der Waals surface area contributed by atoms with Gasteiger partial charge in [-0.1, -0.05) is 25.0 Å². The van der Waals surface area contributed by atoms with Crippen molar-refractivity contribution in [2.75, 3.05) is 33.8 Å². The van der Waals surface area contributed by atoms with Crippen LogP contribution in [0.3, 0.4) is 0 Å². The maximum absolute atomic E-state index is 6.01. The van der Waals surface area contributed by atoms with Crippen molar-refractivity contribution in [1.29, 1.82) is 0 Å². The topological polar surface area (TPSA) is 58.1 Å². The second-order valence-electron chi connectivity index (χ2n) is 7.60. The number of para-hydroxylation sites is 2. The molecule has 1 saturated heterocycles. The number of hydrogen-bond donors (Lipinski definition) is 2. The molecule has 150 valence electrons. The van der Waals surface area contributed by atoms with Gasteiger partial charge in [0.25, 0.3) is 0 Å². The van der Waals surface area contributed by atoms with E-state index < -0.39 is 0 Å². The van der Waals surface area contributed by atoms with Gasteiger partial charge in [0.15, 0.2) is 17.5 Å². The number of ether oxygens (including phenoxy) is 2. The van der Waals surface area contributed by atoms with Crippen LogP contribution in [0.4, 0.5) is 0 Å². The first-order chi connectivity index (χ1) is 13.2. The number of guanidine groups is 1. The molecule has 2 unspecified atom stereocenters. The molecule has 0 spiro atoms. The van der Waals surface area contributed by atoms with Crippen molar-refractivity contribution in [3.63, 3.8) is 0 Å². The molecule has 2 N–H and O–H groups in total. The predicted octanol–water partition coefficient (Wildman–Crippen LogP) is 2.64. The number of rotatable bonds is 7. The number of methoxy groups -OCH3 is 1. The maximum Gasteiger partial charge on any atom is 0.191 e. The Kier molecular flexibility index (Phi) is 7.21. The van der Waals surface area contributed by atoms with Crippen LogP contribution in [0.2, 0.25) is 0 Å². The highest BCUT2D eigenvalue weighted by atomic mass is 16.5. The number of aliphatic imine (C=N–C) groups is 1. The number of likely N-dealkylation sites (tertiary alicyclic amines) is 1. The number of nitrogens with one attached hydrogen (secondary N) is 2. The molecule has 6 heteroatoms. The van der Waals surface area contributed by atoms with Gasteiger partial charge in [-0.15, -0.1) is 0 Å². The SMILES string of the molecule is CN=C(NCC(C)Oc1ccccc1OC)NC1CCN(C2CCCC2)C1. The zero-order chi connectivity index (χ0) is 19.1. The Morgan fingerprint density at radius 1 is 1.22 bits per heavy atom. The summed E-state index contributed by atoms with van der Waals surface area (Å²) in [6.07, 6.45) is 6.72. The minimum Gasteiger partial charge on any atom is -0.493 e. The maximum atomic E-state index is 6.01. The van der Waals surface area contributed by atoms with Crippen LogP contribution >= 0.6 is 0 Å². The molecule has 2 atom stereocenters. The highest BCUT2D eigenvalue weighted by Crippen LogP contribution is 2.27. The zero-order valence-corrected chi connectivity index (χ0v) is 16.9. The van der Waals surface area contributed by atoms with Crippen molar-refractivity contribution >= 4 is 5.96 Å². The third kappa shape index (κ3) is 5.51. The van der Waals surface area contributed by atoms with Crippen molar-refractivity contribution in [1.82, 2.24) is 15.5 Å². The van der Waals surface area contributed by atoms with Crippen molar-refractivity contribution < 1.29 is 9.47 Å². The van der Waals surface area contributed by atoms with Gasteiger partial charge in [0, 0.05) is 32.2 Å². The monoisotopic (exact) mass is 374 g/mol. The van der Waals surface area contributed by atoms with Crippen LogP contribution < -0.4 is 20.1 Å². The quantitative estimate of drug-likeness (QED) is 0.568. The van der Waals surface area contributed by atoms with E-state index in [-0.39, 0.29) is 6.10 Å². The molecule has 0 aromatic heterocycles. The van der Waals surface area contributed by atoms with Crippen molar-refractivity contribution in [2.24, 2.45) is 4.99 Å². The molecule has 1 aliphatic heterocycles. The fourth-order valence-electron chi connectivity index (χ4n) is 4.11. The second-order valence-corrected chi connectivity index (χ2v) is 7.60. The summed E-state index contributed by atoms with van der Waals surface area (Å²) in [6, 6.07) is 9.01. The molecule has 2 fully saturated rings. The summed E-state index contributed by atoms with van der Waals surface area (Å²) in [4.78, 5) is 7.04. The van der Waals surface area contributed by atoms with Gasteiger partial charge in [-0.25, -0.2) is 0 Å². The first-order valence-electron chi connectivity index (χ1n) is 10.2. The van der Waals surface area contributed by atoms with Gasteiger partial charge in [-0.05, 0) is 38.3 Å². The molecule has 0 bridgehead atoms. The molecule has 0 amide bonds. The standard InChI is InChI=1S/C21H34N4O2/c1-16(27-20-11-7-6-10-19(20)26-3)14-23-21(22-2)24-17-12-13-25(15-17)18-8-4-5-9-18/h6-7,10-11,16-18H,4-5,8-9,12-15H2,1-3H3,(H2,22,23,24). The van der Waals surface area contributed by atoms with E-state index in [2.05, 4.69) is 20.5 Å².